The second-order valence-electron chi connectivity index (χ2n) is 8.59. The van der Waals surface area contributed by atoms with Crippen molar-refractivity contribution in [3.8, 4) is 0 Å². The Hall–Kier alpha value is -1.47. The summed E-state index contributed by atoms with van der Waals surface area (Å²) in [6, 6.07) is -0.718. The Bertz CT molecular complexity index is 554. The number of unbranched alkanes of at least 4 members (excludes halogenated alkanes) is 4. The summed E-state index contributed by atoms with van der Waals surface area (Å²) in [6.45, 7) is 6.16. The SMILES string of the molecule is CCCCC[C@H](N)CC(=O)N1CCC[C@]1(C(=O)O)C(=O)C(C)[C@@H](N)CCCCC. The minimum absolute atomic E-state index is 0.0724. The Balaban J connectivity index is 2.91. The number of hydrogen-bond donors (Lipinski definition) is 3. The van der Waals surface area contributed by atoms with E-state index < -0.39 is 29.3 Å². The van der Waals surface area contributed by atoms with Gasteiger partial charge in [0.15, 0.2) is 11.3 Å². The first-order valence-electron chi connectivity index (χ1n) is 11.3. The molecule has 0 aliphatic carbocycles. The summed E-state index contributed by atoms with van der Waals surface area (Å²) >= 11 is 0. The van der Waals surface area contributed by atoms with E-state index >= 15 is 0 Å². The molecule has 1 saturated heterocycles. The van der Waals surface area contributed by atoms with Crippen molar-refractivity contribution in [3.05, 3.63) is 0 Å². The smallest absolute Gasteiger partial charge is 0.337 e. The first-order chi connectivity index (χ1) is 13.7. The van der Waals surface area contributed by atoms with E-state index in [0.717, 1.165) is 44.9 Å². The van der Waals surface area contributed by atoms with Gasteiger partial charge in [-0.05, 0) is 25.7 Å². The molecule has 0 bridgehead atoms. The van der Waals surface area contributed by atoms with Gasteiger partial charge in [0, 0.05) is 31.0 Å². The monoisotopic (exact) mass is 411 g/mol. The van der Waals surface area contributed by atoms with Crippen LogP contribution in [0.1, 0.15) is 91.4 Å². The second kappa shape index (κ2) is 12.3. The predicted octanol–water partition coefficient (Wildman–Crippen LogP) is 2.84. The fourth-order valence-electron chi connectivity index (χ4n) is 4.28. The molecule has 1 aliphatic rings. The van der Waals surface area contributed by atoms with Crippen LogP contribution < -0.4 is 11.5 Å². The van der Waals surface area contributed by atoms with E-state index in [-0.39, 0.29) is 31.3 Å². The summed E-state index contributed by atoms with van der Waals surface area (Å²) in [4.78, 5) is 39.8. The molecule has 1 fully saturated rings. The summed E-state index contributed by atoms with van der Waals surface area (Å²) in [5.41, 5.74) is 10.5. The zero-order valence-electron chi connectivity index (χ0n) is 18.5. The summed E-state index contributed by atoms with van der Waals surface area (Å²) in [5, 5.41) is 10.0. The third kappa shape index (κ3) is 6.51. The lowest BCUT2D eigenvalue weighted by Crippen LogP contribution is -2.62. The second-order valence-corrected chi connectivity index (χ2v) is 8.59. The number of amides is 1. The summed E-state index contributed by atoms with van der Waals surface area (Å²) in [6.07, 6.45) is 8.15. The fourth-order valence-corrected chi connectivity index (χ4v) is 4.28. The van der Waals surface area contributed by atoms with Gasteiger partial charge >= 0.3 is 5.97 Å². The molecule has 7 heteroatoms. The maximum Gasteiger partial charge on any atom is 0.337 e. The summed E-state index contributed by atoms with van der Waals surface area (Å²) < 4.78 is 0. The lowest BCUT2D eigenvalue weighted by atomic mass is 9.80. The number of nitrogens with zero attached hydrogens (tertiary/aromatic N) is 1. The number of rotatable bonds is 14. The van der Waals surface area contributed by atoms with Gasteiger partial charge in [-0.25, -0.2) is 4.79 Å². The highest BCUT2D eigenvalue weighted by atomic mass is 16.4. The van der Waals surface area contributed by atoms with E-state index in [4.69, 9.17) is 11.5 Å². The van der Waals surface area contributed by atoms with Crippen LogP contribution in [0.3, 0.4) is 0 Å². The number of aliphatic carboxylic acids is 1. The summed E-state index contributed by atoms with van der Waals surface area (Å²) in [5.74, 6) is -2.65. The molecule has 7 nitrogen and oxygen atoms in total. The van der Waals surface area contributed by atoms with Crippen molar-refractivity contribution < 1.29 is 19.5 Å². The molecular formula is C22H41N3O4. The molecule has 1 rings (SSSR count). The molecule has 0 radical (unpaired) electrons. The van der Waals surface area contributed by atoms with E-state index in [1.807, 2.05) is 0 Å². The maximum absolute atomic E-state index is 13.3. The van der Waals surface area contributed by atoms with Gasteiger partial charge in [0.2, 0.25) is 5.91 Å². The van der Waals surface area contributed by atoms with E-state index in [0.29, 0.717) is 12.8 Å². The number of hydrogen-bond acceptors (Lipinski definition) is 5. The van der Waals surface area contributed by atoms with Crippen LogP contribution in [0.5, 0.6) is 0 Å². The van der Waals surface area contributed by atoms with Crippen LogP contribution in [0.25, 0.3) is 0 Å². The van der Waals surface area contributed by atoms with Gasteiger partial charge in [0.1, 0.15) is 0 Å². The highest BCUT2D eigenvalue weighted by molar-refractivity contribution is 6.11. The van der Waals surface area contributed by atoms with Crippen molar-refractivity contribution in [1.82, 2.24) is 4.90 Å². The highest BCUT2D eigenvalue weighted by Gasteiger charge is 2.57. The zero-order chi connectivity index (χ0) is 22.0. The van der Waals surface area contributed by atoms with Crippen molar-refractivity contribution in [2.45, 2.75) is 109 Å². The van der Waals surface area contributed by atoms with E-state index in [2.05, 4.69) is 13.8 Å². The van der Waals surface area contributed by atoms with E-state index in [1.165, 1.54) is 4.90 Å². The molecule has 29 heavy (non-hydrogen) atoms. The fraction of sp³-hybridized carbons (Fsp3) is 0.864. The number of carbonyl (C=O) groups is 3. The molecule has 0 aromatic heterocycles. The number of carbonyl (C=O) groups excluding carboxylic acids is 2. The molecule has 0 saturated carbocycles. The van der Waals surface area contributed by atoms with Gasteiger partial charge in [-0.15, -0.1) is 0 Å². The normalized spacial score (nSPS) is 22.3. The van der Waals surface area contributed by atoms with Crippen molar-refractivity contribution in [2.24, 2.45) is 17.4 Å². The summed E-state index contributed by atoms with van der Waals surface area (Å²) in [7, 11) is 0. The molecule has 1 unspecified atom stereocenters. The van der Waals surface area contributed by atoms with Gasteiger partial charge in [-0.3, -0.25) is 9.59 Å². The molecular weight excluding hydrogens is 370 g/mol. The van der Waals surface area contributed by atoms with Gasteiger partial charge in [0.05, 0.1) is 0 Å². The minimum Gasteiger partial charge on any atom is -0.479 e. The molecule has 1 amide bonds. The van der Waals surface area contributed by atoms with Gasteiger partial charge in [-0.2, -0.15) is 0 Å². The Morgan fingerprint density at radius 1 is 1.03 bits per heavy atom. The quantitative estimate of drug-likeness (QED) is 0.298. The first-order valence-corrected chi connectivity index (χ1v) is 11.3. The minimum atomic E-state index is -1.80. The van der Waals surface area contributed by atoms with Gasteiger partial charge in [-0.1, -0.05) is 59.3 Å². The molecule has 168 valence electrons. The van der Waals surface area contributed by atoms with E-state index in [1.54, 1.807) is 6.92 Å². The van der Waals surface area contributed by atoms with Crippen molar-refractivity contribution >= 4 is 17.7 Å². The molecule has 0 spiro atoms. The van der Waals surface area contributed by atoms with Crippen LogP contribution in [0.2, 0.25) is 0 Å². The molecule has 5 N–H and O–H groups in total. The van der Waals surface area contributed by atoms with Gasteiger partial charge in [0.25, 0.3) is 0 Å². The molecule has 1 aliphatic heterocycles. The Morgan fingerprint density at radius 3 is 2.17 bits per heavy atom. The van der Waals surface area contributed by atoms with Crippen LogP contribution in [0.15, 0.2) is 0 Å². The van der Waals surface area contributed by atoms with Crippen LogP contribution >= 0.6 is 0 Å². The lowest BCUT2D eigenvalue weighted by Gasteiger charge is -2.37. The van der Waals surface area contributed by atoms with E-state index in [9.17, 15) is 19.5 Å². The molecule has 4 atom stereocenters. The van der Waals surface area contributed by atoms with Crippen LogP contribution in [0, 0.1) is 5.92 Å². The van der Waals surface area contributed by atoms with Crippen molar-refractivity contribution in [3.63, 3.8) is 0 Å². The van der Waals surface area contributed by atoms with Crippen LogP contribution in [0.4, 0.5) is 0 Å². The number of carboxylic acid groups (broad SMARTS) is 1. The number of ketones is 1. The average Bonchev–Trinajstić information content (AvgIpc) is 3.13. The standard InChI is InChI=1S/C22H41N3O4/c1-4-6-8-11-17(23)15-19(26)25-14-10-13-22(25,21(28)29)20(27)16(3)18(24)12-9-7-5-2/h16-18H,4-15,23-24H2,1-3H3,(H,28,29)/t16?,17-,18-,22+/m0/s1. The number of Topliss-reactive ketones (excluding diaryl/α,β-unsaturated/α-hetero) is 1. The maximum atomic E-state index is 13.3. The highest BCUT2D eigenvalue weighted by Crippen LogP contribution is 2.35. The number of carboxylic acids is 1. The molecule has 0 aromatic rings. The Labute approximate surface area is 175 Å². The predicted molar refractivity (Wildman–Crippen MR) is 114 cm³/mol. The molecule has 0 aromatic carbocycles. The van der Waals surface area contributed by atoms with Crippen molar-refractivity contribution in [1.29, 1.82) is 0 Å². The number of likely N-dealkylation sites (tertiary alicyclic amines) is 1. The lowest BCUT2D eigenvalue weighted by molar-refractivity contribution is -0.163. The number of nitrogens with two attached hydrogens (primary N) is 2. The third-order valence-corrected chi connectivity index (χ3v) is 6.26. The van der Waals surface area contributed by atoms with Crippen LogP contribution in [-0.4, -0.2) is 51.8 Å². The average molecular weight is 412 g/mol. The third-order valence-electron chi connectivity index (χ3n) is 6.26. The largest absolute Gasteiger partial charge is 0.479 e. The Morgan fingerprint density at radius 2 is 1.62 bits per heavy atom. The topological polar surface area (TPSA) is 127 Å². The zero-order valence-corrected chi connectivity index (χ0v) is 18.5. The Kier molecular flexibility index (Phi) is 10.8. The first kappa shape index (κ1) is 25.6. The van der Waals surface area contributed by atoms with Gasteiger partial charge < -0.3 is 21.5 Å². The van der Waals surface area contributed by atoms with Crippen LogP contribution in [-0.2, 0) is 14.4 Å². The van der Waals surface area contributed by atoms with Crippen molar-refractivity contribution in [2.75, 3.05) is 6.54 Å². The molecule has 1 heterocycles.